The van der Waals surface area contributed by atoms with E-state index in [4.69, 9.17) is 5.26 Å². The van der Waals surface area contributed by atoms with E-state index in [0.29, 0.717) is 29.0 Å². The Morgan fingerprint density at radius 1 is 1.48 bits per heavy atom. The Hall–Kier alpha value is -0.650. The number of nitrogens with one attached hydrogen (secondary N) is 1. The fourth-order valence-corrected chi connectivity index (χ4v) is 4.64. The SMILES string of the molecule is CNCC1CCN(S(=O)(=O)c2cc(Br)cc(C#N)c2)C1.Cl. The van der Waals surface area contributed by atoms with E-state index in [0.717, 1.165) is 13.0 Å². The highest BCUT2D eigenvalue weighted by Gasteiger charge is 2.32. The predicted molar refractivity (Wildman–Crippen MR) is 86.9 cm³/mol. The number of benzene rings is 1. The molecule has 0 bridgehead atoms. The third-order valence-electron chi connectivity index (χ3n) is 3.38. The first-order valence-electron chi connectivity index (χ1n) is 6.33. The van der Waals surface area contributed by atoms with Crippen molar-refractivity contribution < 1.29 is 8.42 Å². The fourth-order valence-electron chi connectivity index (χ4n) is 2.40. The summed E-state index contributed by atoms with van der Waals surface area (Å²) >= 11 is 3.25. The summed E-state index contributed by atoms with van der Waals surface area (Å²) in [5, 5.41) is 12.0. The summed E-state index contributed by atoms with van der Waals surface area (Å²) in [5.41, 5.74) is 0.337. The largest absolute Gasteiger partial charge is 0.319 e. The van der Waals surface area contributed by atoms with Crippen molar-refractivity contribution in [2.24, 2.45) is 5.92 Å². The molecule has 1 aromatic carbocycles. The average Bonchev–Trinajstić information content (AvgIpc) is 2.87. The van der Waals surface area contributed by atoms with Crippen LogP contribution in [0, 0.1) is 17.2 Å². The molecule has 5 nitrogen and oxygen atoms in total. The van der Waals surface area contributed by atoms with Crippen molar-refractivity contribution in [3.8, 4) is 6.07 Å². The molecule has 8 heteroatoms. The highest BCUT2D eigenvalue weighted by molar-refractivity contribution is 9.10. The molecule has 1 aromatic rings. The molecule has 1 heterocycles. The van der Waals surface area contributed by atoms with Gasteiger partial charge in [-0.25, -0.2) is 8.42 Å². The lowest BCUT2D eigenvalue weighted by Gasteiger charge is -2.17. The van der Waals surface area contributed by atoms with Crippen molar-refractivity contribution in [1.29, 1.82) is 5.26 Å². The van der Waals surface area contributed by atoms with Gasteiger partial charge in [-0.2, -0.15) is 9.57 Å². The number of rotatable bonds is 4. The maximum atomic E-state index is 12.6. The van der Waals surface area contributed by atoms with Crippen LogP contribution in [0.5, 0.6) is 0 Å². The Kier molecular flexibility index (Phi) is 6.63. The number of hydrogen-bond donors (Lipinski definition) is 1. The molecular weight excluding hydrogens is 378 g/mol. The molecule has 1 saturated heterocycles. The molecule has 2 rings (SSSR count). The van der Waals surface area contributed by atoms with Crippen molar-refractivity contribution in [3.63, 3.8) is 0 Å². The summed E-state index contributed by atoms with van der Waals surface area (Å²) in [5.74, 6) is 0.345. The number of sulfonamides is 1. The summed E-state index contributed by atoms with van der Waals surface area (Å²) < 4.78 is 27.3. The van der Waals surface area contributed by atoms with Crippen LogP contribution in [0.25, 0.3) is 0 Å². The first kappa shape index (κ1) is 18.4. The number of hydrogen-bond acceptors (Lipinski definition) is 4. The van der Waals surface area contributed by atoms with E-state index in [1.165, 1.54) is 10.4 Å². The first-order valence-corrected chi connectivity index (χ1v) is 8.56. The van der Waals surface area contributed by atoms with Crippen LogP contribution in [0.4, 0.5) is 0 Å². The molecule has 0 amide bonds. The fraction of sp³-hybridized carbons (Fsp3) is 0.462. The van der Waals surface area contributed by atoms with Gasteiger partial charge in [-0.3, -0.25) is 0 Å². The minimum absolute atomic E-state index is 0. The average molecular weight is 395 g/mol. The van der Waals surface area contributed by atoms with Gasteiger partial charge in [0.05, 0.1) is 16.5 Å². The molecule has 21 heavy (non-hydrogen) atoms. The summed E-state index contributed by atoms with van der Waals surface area (Å²) in [6.45, 7) is 1.87. The predicted octanol–water partition coefficient (Wildman–Crippen LogP) is 1.97. The summed E-state index contributed by atoms with van der Waals surface area (Å²) in [4.78, 5) is 0.175. The lowest BCUT2D eigenvalue weighted by Crippen LogP contribution is -2.30. The van der Waals surface area contributed by atoms with Gasteiger partial charge < -0.3 is 5.32 Å². The summed E-state index contributed by atoms with van der Waals surface area (Å²) in [7, 11) is -1.65. The van der Waals surface area contributed by atoms with Gasteiger partial charge in [-0.05, 0) is 44.1 Å². The van der Waals surface area contributed by atoms with E-state index in [9.17, 15) is 8.42 Å². The molecular formula is C13H17BrClN3O2S. The molecule has 1 aliphatic heterocycles. The van der Waals surface area contributed by atoms with Crippen LogP contribution in [0.15, 0.2) is 27.6 Å². The second-order valence-electron chi connectivity index (χ2n) is 4.86. The Morgan fingerprint density at radius 3 is 2.81 bits per heavy atom. The van der Waals surface area contributed by atoms with Gasteiger partial charge in [0.2, 0.25) is 10.0 Å². The minimum atomic E-state index is -3.52. The Bertz CT molecular complexity index is 645. The van der Waals surface area contributed by atoms with Gasteiger partial charge in [-0.15, -0.1) is 12.4 Å². The lowest BCUT2D eigenvalue weighted by atomic mass is 10.1. The molecule has 1 unspecified atom stereocenters. The van der Waals surface area contributed by atoms with E-state index >= 15 is 0 Å². The Morgan fingerprint density at radius 2 is 2.19 bits per heavy atom. The van der Waals surface area contributed by atoms with Crippen LogP contribution in [-0.4, -0.2) is 39.4 Å². The zero-order valence-corrected chi connectivity index (χ0v) is 14.8. The molecule has 0 saturated carbocycles. The number of nitriles is 1. The van der Waals surface area contributed by atoms with E-state index in [1.54, 1.807) is 12.1 Å². The zero-order chi connectivity index (χ0) is 14.8. The quantitative estimate of drug-likeness (QED) is 0.847. The molecule has 0 aromatic heterocycles. The molecule has 116 valence electrons. The van der Waals surface area contributed by atoms with Gasteiger partial charge >= 0.3 is 0 Å². The minimum Gasteiger partial charge on any atom is -0.319 e. The molecule has 0 spiro atoms. The van der Waals surface area contributed by atoms with Crippen LogP contribution >= 0.6 is 28.3 Å². The maximum Gasteiger partial charge on any atom is 0.243 e. The first-order chi connectivity index (χ1) is 9.47. The van der Waals surface area contributed by atoms with E-state index < -0.39 is 10.0 Å². The van der Waals surface area contributed by atoms with Crippen LogP contribution in [0.3, 0.4) is 0 Å². The summed E-state index contributed by atoms with van der Waals surface area (Å²) in [6.07, 6.45) is 0.860. The van der Waals surface area contributed by atoms with Gasteiger partial charge in [0, 0.05) is 17.6 Å². The highest BCUT2D eigenvalue weighted by Crippen LogP contribution is 2.26. The van der Waals surface area contributed by atoms with Crippen molar-refractivity contribution in [2.45, 2.75) is 11.3 Å². The van der Waals surface area contributed by atoms with Gasteiger partial charge in [0.25, 0.3) is 0 Å². The van der Waals surface area contributed by atoms with E-state index in [2.05, 4.69) is 21.2 Å². The van der Waals surface area contributed by atoms with Crippen molar-refractivity contribution in [2.75, 3.05) is 26.7 Å². The molecule has 0 aliphatic carbocycles. The molecule has 1 N–H and O–H groups in total. The smallest absolute Gasteiger partial charge is 0.243 e. The zero-order valence-electron chi connectivity index (χ0n) is 11.5. The van der Waals surface area contributed by atoms with Gasteiger partial charge in [-0.1, -0.05) is 15.9 Å². The standard InChI is InChI=1S/C13H16BrN3O2S.ClH/c1-16-8-10-2-3-17(9-10)20(18,19)13-5-11(7-15)4-12(14)6-13;/h4-6,10,16H,2-3,8-9H2,1H3;1H. The lowest BCUT2D eigenvalue weighted by molar-refractivity contribution is 0.451. The second-order valence-corrected chi connectivity index (χ2v) is 7.72. The van der Waals surface area contributed by atoms with Gasteiger partial charge in [0.1, 0.15) is 0 Å². The molecule has 0 radical (unpaired) electrons. The van der Waals surface area contributed by atoms with Crippen LogP contribution < -0.4 is 5.32 Å². The van der Waals surface area contributed by atoms with Crippen molar-refractivity contribution in [3.05, 3.63) is 28.2 Å². The summed E-state index contributed by atoms with van der Waals surface area (Å²) in [6, 6.07) is 6.55. The van der Waals surface area contributed by atoms with Crippen LogP contribution in [-0.2, 0) is 10.0 Å². The van der Waals surface area contributed by atoms with E-state index in [1.807, 2.05) is 13.1 Å². The monoisotopic (exact) mass is 393 g/mol. The molecule has 1 atom stereocenters. The third kappa shape index (κ3) is 4.18. The van der Waals surface area contributed by atoms with E-state index in [-0.39, 0.29) is 17.3 Å². The normalized spacial score (nSPS) is 19.0. The maximum absolute atomic E-state index is 12.6. The Balaban J connectivity index is 0.00000220. The van der Waals surface area contributed by atoms with Gasteiger partial charge in [0.15, 0.2) is 0 Å². The van der Waals surface area contributed by atoms with Crippen molar-refractivity contribution >= 4 is 38.4 Å². The molecule has 1 fully saturated rings. The second kappa shape index (κ2) is 7.56. The number of halogens is 2. The van der Waals surface area contributed by atoms with Crippen molar-refractivity contribution in [1.82, 2.24) is 9.62 Å². The third-order valence-corrected chi connectivity index (χ3v) is 5.68. The van der Waals surface area contributed by atoms with Crippen LogP contribution in [0.2, 0.25) is 0 Å². The molecule has 1 aliphatic rings. The topological polar surface area (TPSA) is 73.2 Å². The Labute approximate surface area is 139 Å². The van der Waals surface area contributed by atoms with Crippen LogP contribution in [0.1, 0.15) is 12.0 Å². The number of nitrogens with zero attached hydrogens (tertiary/aromatic N) is 2. The highest BCUT2D eigenvalue weighted by atomic mass is 79.9.